The summed E-state index contributed by atoms with van der Waals surface area (Å²) >= 11 is 3.71. The predicted octanol–water partition coefficient (Wildman–Crippen LogP) is 4.90. The second-order valence-electron chi connectivity index (χ2n) is 6.26. The van der Waals surface area contributed by atoms with Crippen LogP contribution in [0.3, 0.4) is 0 Å². The van der Waals surface area contributed by atoms with E-state index in [0.29, 0.717) is 11.8 Å². The first kappa shape index (κ1) is 15.8. The summed E-state index contributed by atoms with van der Waals surface area (Å²) in [5, 5.41) is 0. The highest BCUT2D eigenvalue weighted by molar-refractivity contribution is 9.09. The zero-order valence-corrected chi connectivity index (χ0v) is 13.9. The van der Waals surface area contributed by atoms with Gasteiger partial charge in [0.15, 0.2) is 6.29 Å². The average molecular weight is 333 g/mol. The van der Waals surface area contributed by atoms with Crippen LogP contribution in [0.25, 0.3) is 0 Å². The molecule has 2 aliphatic rings. The maximum Gasteiger partial charge on any atom is 0.160 e. The molecule has 3 heteroatoms. The predicted molar refractivity (Wildman–Crippen MR) is 82.6 cm³/mol. The largest absolute Gasteiger partial charge is 0.352 e. The molecule has 1 saturated heterocycles. The number of rotatable bonds is 6. The molecule has 19 heavy (non-hydrogen) atoms. The molecule has 2 fully saturated rings. The minimum atomic E-state index is 0.0897. The Labute approximate surface area is 126 Å². The van der Waals surface area contributed by atoms with E-state index in [-0.39, 0.29) is 6.29 Å². The summed E-state index contributed by atoms with van der Waals surface area (Å²) in [5.74, 6) is 1.27. The van der Waals surface area contributed by atoms with Gasteiger partial charge < -0.3 is 9.47 Å². The van der Waals surface area contributed by atoms with Crippen LogP contribution < -0.4 is 0 Å². The minimum absolute atomic E-state index is 0.0897. The van der Waals surface area contributed by atoms with E-state index in [9.17, 15) is 0 Å². The molecule has 1 aliphatic carbocycles. The SMILES string of the molecule is CCCCCC[C@H]1CO[C@H](C2CCC(Br)CC2)OC1. The van der Waals surface area contributed by atoms with E-state index in [1.165, 1.54) is 57.8 Å². The first-order chi connectivity index (χ1) is 9.29. The molecular formula is C16H29BrO2. The van der Waals surface area contributed by atoms with Gasteiger partial charge in [0, 0.05) is 16.7 Å². The van der Waals surface area contributed by atoms with Crippen molar-refractivity contribution in [3.05, 3.63) is 0 Å². The lowest BCUT2D eigenvalue weighted by atomic mass is 9.88. The van der Waals surface area contributed by atoms with Crippen LogP contribution in [0.15, 0.2) is 0 Å². The van der Waals surface area contributed by atoms with Gasteiger partial charge in [0.1, 0.15) is 0 Å². The third kappa shape index (κ3) is 5.35. The van der Waals surface area contributed by atoms with Crippen molar-refractivity contribution in [3.8, 4) is 0 Å². The molecule has 1 heterocycles. The van der Waals surface area contributed by atoms with Gasteiger partial charge in [-0.3, -0.25) is 0 Å². The Morgan fingerprint density at radius 2 is 1.63 bits per heavy atom. The Hall–Kier alpha value is 0.400. The molecule has 2 nitrogen and oxygen atoms in total. The number of unbranched alkanes of at least 4 members (excludes halogenated alkanes) is 3. The van der Waals surface area contributed by atoms with Crippen LogP contribution in [0, 0.1) is 11.8 Å². The van der Waals surface area contributed by atoms with Crippen LogP contribution >= 0.6 is 15.9 Å². The average Bonchev–Trinajstić information content (AvgIpc) is 2.45. The summed E-state index contributed by atoms with van der Waals surface area (Å²) in [6.07, 6.45) is 11.8. The van der Waals surface area contributed by atoms with Gasteiger partial charge in [-0.05, 0) is 32.1 Å². The summed E-state index contributed by atoms with van der Waals surface area (Å²) in [4.78, 5) is 0.721. The highest BCUT2D eigenvalue weighted by atomic mass is 79.9. The minimum Gasteiger partial charge on any atom is -0.352 e. The Morgan fingerprint density at radius 3 is 2.26 bits per heavy atom. The van der Waals surface area contributed by atoms with Crippen LogP contribution in [0.2, 0.25) is 0 Å². The van der Waals surface area contributed by atoms with Crippen LogP contribution in [-0.2, 0) is 9.47 Å². The van der Waals surface area contributed by atoms with Gasteiger partial charge in [0.2, 0.25) is 0 Å². The van der Waals surface area contributed by atoms with Crippen molar-refractivity contribution in [2.75, 3.05) is 13.2 Å². The van der Waals surface area contributed by atoms with Crippen molar-refractivity contribution in [2.24, 2.45) is 11.8 Å². The fourth-order valence-electron chi connectivity index (χ4n) is 3.21. The van der Waals surface area contributed by atoms with E-state index >= 15 is 0 Å². The van der Waals surface area contributed by atoms with Gasteiger partial charge in [0.05, 0.1) is 13.2 Å². The molecule has 112 valence electrons. The molecule has 0 bridgehead atoms. The summed E-state index contributed by atoms with van der Waals surface area (Å²) in [6.45, 7) is 4.11. The van der Waals surface area contributed by atoms with Crippen LogP contribution in [0.5, 0.6) is 0 Å². The zero-order chi connectivity index (χ0) is 13.5. The Bertz CT molecular complexity index is 231. The molecule has 0 aromatic rings. The van der Waals surface area contributed by atoms with E-state index in [4.69, 9.17) is 9.47 Å². The van der Waals surface area contributed by atoms with Gasteiger partial charge in [-0.15, -0.1) is 0 Å². The van der Waals surface area contributed by atoms with Gasteiger partial charge in [-0.2, -0.15) is 0 Å². The number of hydrogen-bond acceptors (Lipinski definition) is 2. The Morgan fingerprint density at radius 1 is 0.947 bits per heavy atom. The molecular weight excluding hydrogens is 304 g/mol. The first-order valence-electron chi connectivity index (χ1n) is 8.17. The van der Waals surface area contributed by atoms with Gasteiger partial charge in [-0.1, -0.05) is 48.5 Å². The van der Waals surface area contributed by atoms with Gasteiger partial charge in [0.25, 0.3) is 0 Å². The quantitative estimate of drug-likeness (QED) is 0.508. The standard InChI is InChI=1S/C16H29BrO2/c1-2-3-4-5-6-13-11-18-16(19-12-13)14-7-9-15(17)10-8-14/h13-16H,2-12H2,1H3/t13-,14?,15?,16-. The molecule has 0 radical (unpaired) electrons. The summed E-state index contributed by atoms with van der Waals surface area (Å²) in [5.41, 5.74) is 0. The van der Waals surface area contributed by atoms with E-state index in [1.807, 2.05) is 0 Å². The van der Waals surface area contributed by atoms with Crippen molar-refractivity contribution in [1.29, 1.82) is 0 Å². The monoisotopic (exact) mass is 332 g/mol. The normalized spacial score (nSPS) is 36.3. The smallest absolute Gasteiger partial charge is 0.160 e. The lowest BCUT2D eigenvalue weighted by molar-refractivity contribution is -0.228. The maximum absolute atomic E-state index is 5.98. The molecule has 0 aromatic carbocycles. The Balaban J connectivity index is 1.59. The van der Waals surface area contributed by atoms with E-state index in [1.54, 1.807) is 0 Å². The maximum atomic E-state index is 5.98. The van der Waals surface area contributed by atoms with Crippen LogP contribution in [-0.4, -0.2) is 24.3 Å². The van der Waals surface area contributed by atoms with Crippen LogP contribution in [0.4, 0.5) is 0 Å². The second kappa shape index (κ2) is 8.63. The first-order valence-corrected chi connectivity index (χ1v) is 9.08. The van der Waals surface area contributed by atoms with Crippen molar-refractivity contribution >= 4 is 15.9 Å². The van der Waals surface area contributed by atoms with Gasteiger partial charge in [-0.25, -0.2) is 0 Å². The number of ether oxygens (including phenoxy) is 2. The number of alkyl halides is 1. The fraction of sp³-hybridized carbons (Fsp3) is 1.00. The zero-order valence-electron chi connectivity index (χ0n) is 12.3. The van der Waals surface area contributed by atoms with Crippen molar-refractivity contribution in [2.45, 2.75) is 75.8 Å². The highest BCUT2D eigenvalue weighted by Gasteiger charge is 2.31. The topological polar surface area (TPSA) is 18.5 Å². The van der Waals surface area contributed by atoms with Crippen molar-refractivity contribution in [3.63, 3.8) is 0 Å². The van der Waals surface area contributed by atoms with E-state index < -0.39 is 0 Å². The van der Waals surface area contributed by atoms with Crippen molar-refractivity contribution in [1.82, 2.24) is 0 Å². The summed E-state index contributed by atoms with van der Waals surface area (Å²) in [6, 6.07) is 0. The summed E-state index contributed by atoms with van der Waals surface area (Å²) in [7, 11) is 0. The second-order valence-corrected chi connectivity index (χ2v) is 7.56. The molecule has 0 amide bonds. The van der Waals surface area contributed by atoms with Crippen molar-refractivity contribution < 1.29 is 9.47 Å². The molecule has 2 rings (SSSR count). The third-order valence-electron chi connectivity index (χ3n) is 4.54. The lowest BCUT2D eigenvalue weighted by Crippen LogP contribution is -2.38. The third-order valence-corrected chi connectivity index (χ3v) is 5.46. The Kier molecular flexibility index (Phi) is 7.17. The molecule has 0 atom stereocenters. The van der Waals surface area contributed by atoms with Crippen LogP contribution in [0.1, 0.15) is 64.7 Å². The molecule has 1 saturated carbocycles. The number of hydrogen-bond donors (Lipinski definition) is 0. The summed E-state index contributed by atoms with van der Waals surface area (Å²) < 4.78 is 12.0. The molecule has 0 unspecified atom stereocenters. The molecule has 0 N–H and O–H groups in total. The van der Waals surface area contributed by atoms with E-state index in [0.717, 1.165) is 18.0 Å². The number of halogens is 1. The van der Waals surface area contributed by atoms with Gasteiger partial charge >= 0.3 is 0 Å². The lowest BCUT2D eigenvalue weighted by Gasteiger charge is -2.36. The fourth-order valence-corrected chi connectivity index (χ4v) is 3.74. The van der Waals surface area contributed by atoms with E-state index in [2.05, 4.69) is 22.9 Å². The molecule has 0 spiro atoms. The highest BCUT2D eigenvalue weighted by Crippen LogP contribution is 2.34. The molecule has 1 aliphatic heterocycles. The molecule has 0 aromatic heterocycles.